The minimum Gasteiger partial charge on any atom is -0.432 e. The maximum atomic E-state index is 5.56. The average molecular weight is 251 g/mol. The van der Waals surface area contributed by atoms with Crippen LogP contribution in [0.15, 0.2) is 10.7 Å². The van der Waals surface area contributed by atoms with Gasteiger partial charge < -0.3 is 14.6 Å². The summed E-state index contributed by atoms with van der Waals surface area (Å²) >= 11 is 0. The van der Waals surface area contributed by atoms with Gasteiger partial charge in [0.25, 0.3) is 6.01 Å². The Labute approximate surface area is 110 Å². The van der Waals surface area contributed by atoms with Crippen LogP contribution in [0.5, 0.6) is 0 Å². The van der Waals surface area contributed by atoms with E-state index in [1.807, 2.05) is 7.05 Å². The lowest BCUT2D eigenvalue weighted by Gasteiger charge is -2.33. The zero-order valence-electron chi connectivity index (χ0n) is 11.8. The standard InChI is InChI=1S/C14H25N3O/c1-4-11-5-7-13(8-6-11)17(3)14-16-12(9-15-2)10-18-14/h10-11,13,15H,4-9H2,1-3H3. The number of rotatable bonds is 5. The molecule has 0 amide bonds. The van der Waals surface area contributed by atoms with Crippen molar-refractivity contribution in [1.82, 2.24) is 10.3 Å². The summed E-state index contributed by atoms with van der Waals surface area (Å²) in [6.07, 6.45) is 8.28. The van der Waals surface area contributed by atoms with Crippen molar-refractivity contribution in [2.45, 2.75) is 51.6 Å². The van der Waals surface area contributed by atoms with Gasteiger partial charge in [0.2, 0.25) is 0 Å². The molecule has 4 heteroatoms. The number of nitrogens with one attached hydrogen (secondary N) is 1. The molecule has 2 rings (SSSR count). The Morgan fingerprint density at radius 1 is 1.39 bits per heavy atom. The van der Waals surface area contributed by atoms with Gasteiger partial charge in [-0.3, -0.25) is 0 Å². The molecular weight excluding hydrogens is 226 g/mol. The van der Waals surface area contributed by atoms with E-state index in [0.717, 1.165) is 24.2 Å². The van der Waals surface area contributed by atoms with Crippen molar-refractivity contribution in [2.24, 2.45) is 5.92 Å². The molecule has 0 aliphatic heterocycles. The zero-order chi connectivity index (χ0) is 13.0. The highest BCUT2D eigenvalue weighted by atomic mass is 16.4. The number of aromatic nitrogens is 1. The van der Waals surface area contributed by atoms with E-state index < -0.39 is 0 Å². The van der Waals surface area contributed by atoms with Gasteiger partial charge in [-0.15, -0.1) is 0 Å². The van der Waals surface area contributed by atoms with Crippen LogP contribution >= 0.6 is 0 Å². The molecule has 1 heterocycles. The van der Waals surface area contributed by atoms with Crippen LogP contribution in [0.25, 0.3) is 0 Å². The minimum atomic E-state index is 0.592. The van der Waals surface area contributed by atoms with Crippen molar-refractivity contribution in [3.63, 3.8) is 0 Å². The van der Waals surface area contributed by atoms with Crippen LogP contribution in [0, 0.1) is 5.92 Å². The molecule has 0 aromatic carbocycles. The summed E-state index contributed by atoms with van der Waals surface area (Å²) in [5, 5.41) is 3.09. The number of hydrogen-bond donors (Lipinski definition) is 1. The first kappa shape index (κ1) is 13.4. The molecule has 102 valence electrons. The van der Waals surface area contributed by atoms with Crippen LogP contribution in [0.3, 0.4) is 0 Å². The van der Waals surface area contributed by atoms with Crippen molar-refractivity contribution in [3.8, 4) is 0 Å². The second-order valence-electron chi connectivity index (χ2n) is 5.35. The third-order valence-corrected chi connectivity index (χ3v) is 4.14. The maximum Gasteiger partial charge on any atom is 0.297 e. The summed E-state index contributed by atoms with van der Waals surface area (Å²) in [4.78, 5) is 6.72. The summed E-state index contributed by atoms with van der Waals surface area (Å²) in [5.41, 5.74) is 0.974. The predicted octanol–water partition coefficient (Wildman–Crippen LogP) is 2.80. The van der Waals surface area contributed by atoms with Gasteiger partial charge in [-0.25, -0.2) is 0 Å². The molecule has 0 spiro atoms. The Morgan fingerprint density at radius 2 is 2.11 bits per heavy atom. The van der Waals surface area contributed by atoms with E-state index in [1.54, 1.807) is 6.26 Å². The van der Waals surface area contributed by atoms with Gasteiger partial charge in [0.15, 0.2) is 0 Å². The van der Waals surface area contributed by atoms with Gasteiger partial charge in [-0.1, -0.05) is 13.3 Å². The van der Waals surface area contributed by atoms with E-state index in [1.165, 1.54) is 32.1 Å². The monoisotopic (exact) mass is 251 g/mol. The fraction of sp³-hybridized carbons (Fsp3) is 0.786. The first-order valence-electron chi connectivity index (χ1n) is 7.06. The molecule has 4 nitrogen and oxygen atoms in total. The van der Waals surface area contributed by atoms with Gasteiger partial charge in [0, 0.05) is 19.6 Å². The summed E-state index contributed by atoms with van der Waals surface area (Å²) in [6, 6.07) is 1.36. The van der Waals surface area contributed by atoms with Crippen molar-refractivity contribution < 1.29 is 4.42 Å². The quantitative estimate of drug-likeness (QED) is 0.873. The third-order valence-electron chi connectivity index (χ3n) is 4.14. The van der Waals surface area contributed by atoms with Gasteiger partial charge in [0.1, 0.15) is 6.26 Å². The summed E-state index contributed by atoms with van der Waals surface area (Å²) in [7, 11) is 4.02. The fourth-order valence-electron chi connectivity index (χ4n) is 2.82. The van der Waals surface area contributed by atoms with Crippen molar-refractivity contribution in [2.75, 3.05) is 19.0 Å². The highest BCUT2D eigenvalue weighted by Crippen LogP contribution is 2.30. The first-order chi connectivity index (χ1) is 8.74. The van der Waals surface area contributed by atoms with Crippen LogP contribution in [-0.2, 0) is 6.54 Å². The topological polar surface area (TPSA) is 41.3 Å². The molecule has 0 unspecified atom stereocenters. The molecule has 1 aliphatic carbocycles. The van der Waals surface area contributed by atoms with E-state index >= 15 is 0 Å². The van der Waals surface area contributed by atoms with Gasteiger partial charge >= 0.3 is 0 Å². The van der Waals surface area contributed by atoms with Crippen LogP contribution in [-0.4, -0.2) is 25.1 Å². The molecule has 1 N–H and O–H groups in total. The molecule has 1 saturated carbocycles. The zero-order valence-corrected chi connectivity index (χ0v) is 11.8. The summed E-state index contributed by atoms with van der Waals surface area (Å²) < 4.78 is 5.56. The molecule has 1 aliphatic rings. The molecule has 1 fully saturated rings. The largest absolute Gasteiger partial charge is 0.432 e. The third kappa shape index (κ3) is 3.05. The van der Waals surface area contributed by atoms with E-state index in [-0.39, 0.29) is 0 Å². The molecule has 0 saturated heterocycles. The average Bonchev–Trinajstić information content (AvgIpc) is 2.87. The fourth-order valence-corrected chi connectivity index (χ4v) is 2.82. The second-order valence-corrected chi connectivity index (χ2v) is 5.35. The normalized spacial score (nSPS) is 24.2. The molecule has 0 bridgehead atoms. The SMILES string of the molecule is CCC1CCC(N(C)c2nc(CNC)co2)CC1. The molecule has 1 aromatic heterocycles. The lowest BCUT2D eigenvalue weighted by atomic mass is 9.84. The predicted molar refractivity (Wildman–Crippen MR) is 73.7 cm³/mol. The highest BCUT2D eigenvalue weighted by molar-refractivity contribution is 5.27. The van der Waals surface area contributed by atoms with E-state index in [4.69, 9.17) is 4.42 Å². The Hall–Kier alpha value is -1.03. The number of oxazole rings is 1. The Balaban J connectivity index is 1.92. The van der Waals surface area contributed by atoms with Crippen LogP contribution < -0.4 is 10.2 Å². The smallest absolute Gasteiger partial charge is 0.297 e. The van der Waals surface area contributed by atoms with Crippen molar-refractivity contribution in [3.05, 3.63) is 12.0 Å². The number of hydrogen-bond acceptors (Lipinski definition) is 4. The number of nitrogens with zero attached hydrogens (tertiary/aromatic N) is 2. The molecule has 18 heavy (non-hydrogen) atoms. The molecular formula is C14H25N3O. The Kier molecular flexibility index (Phi) is 4.64. The Morgan fingerprint density at radius 3 is 2.72 bits per heavy atom. The van der Waals surface area contributed by atoms with E-state index in [0.29, 0.717) is 6.04 Å². The lowest BCUT2D eigenvalue weighted by Crippen LogP contribution is -2.35. The van der Waals surface area contributed by atoms with Crippen LogP contribution in [0.4, 0.5) is 6.01 Å². The van der Waals surface area contributed by atoms with Crippen molar-refractivity contribution >= 4 is 6.01 Å². The van der Waals surface area contributed by atoms with E-state index in [2.05, 4.69) is 29.2 Å². The number of anilines is 1. The van der Waals surface area contributed by atoms with Gasteiger partial charge in [-0.2, -0.15) is 4.98 Å². The lowest BCUT2D eigenvalue weighted by molar-refractivity contribution is 0.307. The summed E-state index contributed by atoms with van der Waals surface area (Å²) in [5.74, 6) is 0.930. The van der Waals surface area contributed by atoms with Crippen LogP contribution in [0.1, 0.15) is 44.7 Å². The van der Waals surface area contributed by atoms with Crippen molar-refractivity contribution in [1.29, 1.82) is 0 Å². The maximum absolute atomic E-state index is 5.56. The summed E-state index contributed by atoms with van der Waals surface area (Å²) in [6.45, 7) is 3.06. The Bertz CT molecular complexity index is 356. The molecule has 1 aromatic rings. The minimum absolute atomic E-state index is 0.592. The highest BCUT2D eigenvalue weighted by Gasteiger charge is 2.25. The molecule has 0 atom stereocenters. The van der Waals surface area contributed by atoms with Gasteiger partial charge in [-0.05, 0) is 38.6 Å². The van der Waals surface area contributed by atoms with Crippen LogP contribution in [0.2, 0.25) is 0 Å². The van der Waals surface area contributed by atoms with Gasteiger partial charge in [0.05, 0.1) is 5.69 Å². The first-order valence-corrected chi connectivity index (χ1v) is 7.06. The van der Waals surface area contributed by atoms with E-state index in [9.17, 15) is 0 Å². The molecule has 0 radical (unpaired) electrons. The second kappa shape index (κ2) is 6.23.